The summed E-state index contributed by atoms with van der Waals surface area (Å²) in [4.78, 5) is 24.7. The fourth-order valence-electron chi connectivity index (χ4n) is 3.32. The van der Waals surface area contributed by atoms with Crippen LogP contribution in [0, 0.1) is 17.7 Å². The van der Waals surface area contributed by atoms with Crippen LogP contribution in [0.25, 0.3) is 0 Å². The Kier molecular flexibility index (Phi) is 6.00. The fraction of sp³-hybridized carbons (Fsp3) is 0.333. The van der Waals surface area contributed by atoms with Gasteiger partial charge in [-0.15, -0.1) is 0 Å². The summed E-state index contributed by atoms with van der Waals surface area (Å²) in [5.41, 5.74) is 1.67. The molecular weight excluding hydrogens is 331 g/mol. The third-order valence-electron chi connectivity index (χ3n) is 4.89. The van der Waals surface area contributed by atoms with Crippen molar-refractivity contribution in [1.29, 1.82) is 0 Å². The van der Waals surface area contributed by atoms with Gasteiger partial charge in [0, 0.05) is 24.1 Å². The molecule has 1 aliphatic carbocycles. The lowest BCUT2D eigenvalue weighted by Crippen LogP contribution is -2.35. The summed E-state index contributed by atoms with van der Waals surface area (Å²) in [6, 6.07) is 15.5. The second kappa shape index (κ2) is 8.61. The number of hydrogen-bond acceptors (Lipinski definition) is 2. The van der Waals surface area contributed by atoms with E-state index in [0.717, 1.165) is 11.3 Å². The SMILES string of the molecule is O=C(NCc1ccc(F)cc1)C1CCC(C(=O)Nc2ccccc2)CC1. The molecule has 1 saturated carbocycles. The number of nitrogens with one attached hydrogen (secondary N) is 2. The predicted molar refractivity (Wildman–Crippen MR) is 98.8 cm³/mol. The van der Waals surface area contributed by atoms with Crippen LogP contribution in [0.5, 0.6) is 0 Å². The van der Waals surface area contributed by atoms with Gasteiger partial charge in [-0.3, -0.25) is 9.59 Å². The molecule has 1 fully saturated rings. The maximum absolute atomic E-state index is 12.9. The van der Waals surface area contributed by atoms with Crippen LogP contribution in [0.1, 0.15) is 31.2 Å². The minimum Gasteiger partial charge on any atom is -0.352 e. The molecule has 2 aromatic carbocycles. The lowest BCUT2D eigenvalue weighted by Gasteiger charge is -2.27. The molecule has 2 aromatic rings. The third-order valence-corrected chi connectivity index (χ3v) is 4.89. The van der Waals surface area contributed by atoms with Crippen LogP contribution in [0.3, 0.4) is 0 Å². The highest BCUT2D eigenvalue weighted by Gasteiger charge is 2.29. The van der Waals surface area contributed by atoms with Crippen molar-refractivity contribution in [2.75, 3.05) is 5.32 Å². The second-order valence-corrected chi connectivity index (χ2v) is 6.75. The molecule has 4 nitrogen and oxygen atoms in total. The van der Waals surface area contributed by atoms with E-state index >= 15 is 0 Å². The van der Waals surface area contributed by atoms with E-state index < -0.39 is 0 Å². The fourth-order valence-corrected chi connectivity index (χ4v) is 3.32. The number of hydrogen-bond donors (Lipinski definition) is 2. The lowest BCUT2D eigenvalue weighted by molar-refractivity contribution is -0.128. The normalized spacial score (nSPS) is 19.6. The molecule has 26 heavy (non-hydrogen) atoms. The Morgan fingerprint density at radius 2 is 1.42 bits per heavy atom. The highest BCUT2D eigenvalue weighted by atomic mass is 19.1. The topological polar surface area (TPSA) is 58.2 Å². The summed E-state index contributed by atoms with van der Waals surface area (Å²) in [7, 11) is 0. The van der Waals surface area contributed by atoms with Crippen LogP contribution < -0.4 is 10.6 Å². The van der Waals surface area contributed by atoms with E-state index in [-0.39, 0.29) is 29.5 Å². The van der Waals surface area contributed by atoms with Gasteiger partial charge in [0.1, 0.15) is 5.82 Å². The van der Waals surface area contributed by atoms with Crippen LogP contribution in [-0.4, -0.2) is 11.8 Å². The molecular formula is C21H23FN2O2. The van der Waals surface area contributed by atoms with Crippen molar-refractivity contribution < 1.29 is 14.0 Å². The van der Waals surface area contributed by atoms with Crippen LogP contribution >= 0.6 is 0 Å². The van der Waals surface area contributed by atoms with Crippen molar-refractivity contribution in [3.05, 3.63) is 66.0 Å². The Morgan fingerprint density at radius 1 is 0.846 bits per heavy atom. The van der Waals surface area contributed by atoms with Crippen LogP contribution in [-0.2, 0) is 16.1 Å². The van der Waals surface area contributed by atoms with Gasteiger partial charge < -0.3 is 10.6 Å². The zero-order valence-electron chi connectivity index (χ0n) is 14.6. The molecule has 3 rings (SSSR count). The number of amides is 2. The van der Waals surface area contributed by atoms with E-state index in [4.69, 9.17) is 0 Å². The molecule has 2 amide bonds. The van der Waals surface area contributed by atoms with E-state index in [1.54, 1.807) is 12.1 Å². The van der Waals surface area contributed by atoms with Gasteiger partial charge in [-0.2, -0.15) is 0 Å². The van der Waals surface area contributed by atoms with E-state index in [1.807, 2.05) is 30.3 Å². The van der Waals surface area contributed by atoms with Crippen molar-refractivity contribution in [2.45, 2.75) is 32.2 Å². The number of benzene rings is 2. The molecule has 5 heteroatoms. The van der Waals surface area contributed by atoms with E-state index in [9.17, 15) is 14.0 Å². The third kappa shape index (κ3) is 4.91. The average Bonchev–Trinajstić information content (AvgIpc) is 2.68. The number of para-hydroxylation sites is 1. The lowest BCUT2D eigenvalue weighted by atomic mass is 9.81. The first-order valence-electron chi connectivity index (χ1n) is 9.00. The summed E-state index contributed by atoms with van der Waals surface area (Å²) in [5.74, 6) is -0.350. The highest BCUT2D eigenvalue weighted by molar-refractivity contribution is 5.92. The first kappa shape index (κ1) is 18.1. The minimum absolute atomic E-state index is 0.0104. The van der Waals surface area contributed by atoms with Crippen molar-refractivity contribution in [3.8, 4) is 0 Å². The van der Waals surface area contributed by atoms with Crippen LogP contribution in [0.15, 0.2) is 54.6 Å². The highest BCUT2D eigenvalue weighted by Crippen LogP contribution is 2.30. The monoisotopic (exact) mass is 354 g/mol. The zero-order chi connectivity index (χ0) is 18.4. The molecule has 0 unspecified atom stereocenters. The average molecular weight is 354 g/mol. The van der Waals surface area contributed by atoms with Gasteiger partial charge in [-0.25, -0.2) is 4.39 Å². The van der Waals surface area contributed by atoms with Gasteiger partial charge in [0.25, 0.3) is 0 Å². The summed E-state index contributed by atoms with van der Waals surface area (Å²) in [6.07, 6.45) is 2.85. The standard InChI is InChI=1S/C21H23FN2O2/c22-18-12-6-15(7-13-18)14-23-20(25)16-8-10-17(11-9-16)21(26)24-19-4-2-1-3-5-19/h1-7,12-13,16-17H,8-11,14H2,(H,23,25)(H,24,26). The maximum Gasteiger partial charge on any atom is 0.227 e. The maximum atomic E-state index is 12.9. The smallest absolute Gasteiger partial charge is 0.227 e. The number of carbonyl (C=O) groups is 2. The van der Waals surface area contributed by atoms with Gasteiger partial charge in [-0.1, -0.05) is 30.3 Å². The molecule has 136 valence electrons. The first-order valence-corrected chi connectivity index (χ1v) is 9.00. The van der Waals surface area contributed by atoms with Gasteiger partial charge in [0.15, 0.2) is 0 Å². The molecule has 2 N–H and O–H groups in total. The largest absolute Gasteiger partial charge is 0.352 e. The van der Waals surface area contributed by atoms with E-state index in [0.29, 0.717) is 32.2 Å². The van der Waals surface area contributed by atoms with Crippen molar-refractivity contribution in [1.82, 2.24) is 5.32 Å². The Hall–Kier alpha value is -2.69. The number of halogens is 1. The van der Waals surface area contributed by atoms with Gasteiger partial charge in [0.2, 0.25) is 11.8 Å². The molecule has 1 aliphatic rings. The van der Waals surface area contributed by atoms with Crippen molar-refractivity contribution >= 4 is 17.5 Å². The van der Waals surface area contributed by atoms with E-state index in [2.05, 4.69) is 10.6 Å². The molecule has 0 atom stereocenters. The molecule has 0 spiro atoms. The van der Waals surface area contributed by atoms with Crippen LogP contribution in [0.4, 0.5) is 10.1 Å². The zero-order valence-corrected chi connectivity index (χ0v) is 14.6. The number of rotatable bonds is 5. The first-order chi connectivity index (χ1) is 12.6. The summed E-state index contributed by atoms with van der Waals surface area (Å²) >= 11 is 0. The van der Waals surface area contributed by atoms with Gasteiger partial charge in [0.05, 0.1) is 0 Å². The summed E-state index contributed by atoms with van der Waals surface area (Å²) < 4.78 is 12.9. The molecule has 0 heterocycles. The second-order valence-electron chi connectivity index (χ2n) is 6.75. The number of carbonyl (C=O) groups excluding carboxylic acids is 2. The summed E-state index contributed by atoms with van der Waals surface area (Å²) in [5, 5.41) is 5.85. The summed E-state index contributed by atoms with van der Waals surface area (Å²) in [6.45, 7) is 0.396. The van der Waals surface area contributed by atoms with Crippen molar-refractivity contribution in [3.63, 3.8) is 0 Å². The van der Waals surface area contributed by atoms with E-state index in [1.165, 1.54) is 12.1 Å². The van der Waals surface area contributed by atoms with Gasteiger partial charge >= 0.3 is 0 Å². The molecule has 0 saturated heterocycles. The van der Waals surface area contributed by atoms with Crippen molar-refractivity contribution in [2.24, 2.45) is 11.8 Å². The molecule has 0 radical (unpaired) electrons. The quantitative estimate of drug-likeness (QED) is 0.856. The van der Waals surface area contributed by atoms with Crippen LogP contribution in [0.2, 0.25) is 0 Å². The Bertz CT molecular complexity index is 738. The number of anilines is 1. The Morgan fingerprint density at radius 3 is 2.04 bits per heavy atom. The molecule has 0 aliphatic heterocycles. The van der Waals surface area contributed by atoms with Gasteiger partial charge in [-0.05, 0) is 55.5 Å². The molecule has 0 bridgehead atoms. The predicted octanol–water partition coefficient (Wildman–Crippen LogP) is 3.89. The molecule has 0 aromatic heterocycles. The Labute approximate surface area is 152 Å². The minimum atomic E-state index is -0.285. The Balaban J connectivity index is 1.43.